The number of rotatable bonds is 0. The van der Waals surface area contributed by atoms with E-state index in [9.17, 15) is 4.39 Å². The summed E-state index contributed by atoms with van der Waals surface area (Å²) < 4.78 is 20.3. The fraction of sp³-hybridized carbons (Fsp3) is 0.533. The highest BCUT2D eigenvalue weighted by molar-refractivity contribution is 5.95. The number of pyridine rings is 1. The van der Waals surface area contributed by atoms with Gasteiger partial charge in [0, 0.05) is 6.54 Å². The zero-order valence-corrected chi connectivity index (χ0v) is 12.2. The first-order chi connectivity index (χ1) is 10.1. The fourth-order valence-corrected chi connectivity index (χ4v) is 3.28. The summed E-state index contributed by atoms with van der Waals surface area (Å²) in [6, 6.07) is 0.286. The molecule has 0 amide bonds. The van der Waals surface area contributed by atoms with Gasteiger partial charge in [0.1, 0.15) is 29.2 Å². The molecule has 110 valence electrons. The lowest BCUT2D eigenvalue weighted by Gasteiger charge is -2.34. The minimum absolute atomic E-state index is 0.286. The van der Waals surface area contributed by atoms with Crippen LogP contribution in [0, 0.1) is 19.7 Å². The molecule has 2 aliphatic heterocycles. The molecule has 0 bridgehead atoms. The minimum atomic E-state index is -0.375. The molecular formula is C15H17FN4O. The van der Waals surface area contributed by atoms with Crippen LogP contribution in [0.2, 0.25) is 0 Å². The molecule has 2 aromatic rings. The highest BCUT2D eigenvalue weighted by Gasteiger charge is 2.32. The van der Waals surface area contributed by atoms with Gasteiger partial charge in [-0.15, -0.1) is 0 Å². The number of fused-ring (bicyclic) bond motifs is 2. The molecule has 0 radical (unpaired) electrons. The summed E-state index contributed by atoms with van der Waals surface area (Å²) in [7, 11) is 0. The SMILES string of the molecule is Cc1nc2c3c(nc(C)c(F)c3n1)OC[C@@H]1CCCCN21. The maximum Gasteiger partial charge on any atom is 0.227 e. The maximum absolute atomic E-state index is 14.4. The molecule has 1 fully saturated rings. The number of hydrogen-bond acceptors (Lipinski definition) is 5. The van der Waals surface area contributed by atoms with Crippen molar-refractivity contribution >= 4 is 16.7 Å². The van der Waals surface area contributed by atoms with Crippen LogP contribution in [-0.4, -0.2) is 34.1 Å². The Morgan fingerprint density at radius 1 is 1.19 bits per heavy atom. The Labute approximate surface area is 122 Å². The summed E-state index contributed by atoms with van der Waals surface area (Å²) in [5.74, 6) is 1.45. The van der Waals surface area contributed by atoms with Gasteiger partial charge in [-0.05, 0) is 33.1 Å². The summed E-state index contributed by atoms with van der Waals surface area (Å²) in [5.41, 5.74) is 0.646. The molecule has 1 atom stereocenters. The number of nitrogens with zero attached hydrogens (tertiary/aromatic N) is 4. The Hall–Kier alpha value is -1.98. The number of halogens is 1. The molecule has 4 heterocycles. The first-order valence-electron chi connectivity index (χ1n) is 7.39. The highest BCUT2D eigenvalue weighted by atomic mass is 19.1. The topological polar surface area (TPSA) is 51.1 Å². The lowest BCUT2D eigenvalue weighted by molar-refractivity contribution is 0.259. The molecule has 1 saturated heterocycles. The van der Waals surface area contributed by atoms with Gasteiger partial charge in [0.25, 0.3) is 0 Å². The average molecular weight is 288 g/mol. The van der Waals surface area contributed by atoms with Crippen molar-refractivity contribution in [2.75, 3.05) is 18.1 Å². The molecule has 21 heavy (non-hydrogen) atoms. The third-order valence-corrected chi connectivity index (χ3v) is 4.32. The Balaban J connectivity index is 2.06. The van der Waals surface area contributed by atoms with Gasteiger partial charge in [-0.1, -0.05) is 0 Å². The van der Waals surface area contributed by atoms with Crippen LogP contribution in [0.4, 0.5) is 10.2 Å². The van der Waals surface area contributed by atoms with Crippen LogP contribution in [0.1, 0.15) is 30.8 Å². The molecule has 0 N–H and O–H groups in total. The third kappa shape index (κ3) is 1.85. The van der Waals surface area contributed by atoms with E-state index >= 15 is 0 Å². The summed E-state index contributed by atoms with van der Waals surface area (Å²) >= 11 is 0. The van der Waals surface area contributed by atoms with E-state index in [4.69, 9.17) is 4.74 Å². The van der Waals surface area contributed by atoms with Crippen molar-refractivity contribution in [1.29, 1.82) is 0 Å². The van der Waals surface area contributed by atoms with E-state index in [-0.39, 0.29) is 11.9 Å². The van der Waals surface area contributed by atoms with E-state index in [1.807, 2.05) is 0 Å². The van der Waals surface area contributed by atoms with Crippen molar-refractivity contribution < 1.29 is 9.13 Å². The van der Waals surface area contributed by atoms with E-state index in [0.29, 0.717) is 34.9 Å². The van der Waals surface area contributed by atoms with E-state index < -0.39 is 0 Å². The zero-order chi connectivity index (χ0) is 14.6. The van der Waals surface area contributed by atoms with Crippen molar-refractivity contribution in [3.63, 3.8) is 0 Å². The van der Waals surface area contributed by atoms with Gasteiger partial charge >= 0.3 is 0 Å². The van der Waals surface area contributed by atoms with Crippen molar-refractivity contribution in [2.24, 2.45) is 0 Å². The van der Waals surface area contributed by atoms with Gasteiger partial charge in [0.2, 0.25) is 5.88 Å². The first kappa shape index (κ1) is 12.7. The normalized spacial score (nSPS) is 20.9. The van der Waals surface area contributed by atoms with Gasteiger partial charge in [0.05, 0.1) is 11.7 Å². The molecule has 0 aliphatic carbocycles. The Morgan fingerprint density at radius 2 is 2.05 bits per heavy atom. The fourth-order valence-electron chi connectivity index (χ4n) is 3.28. The predicted molar refractivity (Wildman–Crippen MR) is 77.2 cm³/mol. The van der Waals surface area contributed by atoms with Crippen molar-refractivity contribution in [3.05, 3.63) is 17.3 Å². The molecule has 5 nitrogen and oxygen atoms in total. The van der Waals surface area contributed by atoms with Gasteiger partial charge in [-0.2, -0.15) is 0 Å². The van der Waals surface area contributed by atoms with Crippen molar-refractivity contribution in [2.45, 2.75) is 39.2 Å². The van der Waals surface area contributed by atoms with Crippen LogP contribution in [-0.2, 0) is 0 Å². The van der Waals surface area contributed by atoms with Gasteiger partial charge in [-0.3, -0.25) is 0 Å². The van der Waals surface area contributed by atoms with E-state index in [2.05, 4.69) is 19.9 Å². The predicted octanol–water partition coefficient (Wildman–Crippen LogP) is 2.53. The molecule has 0 saturated carbocycles. The van der Waals surface area contributed by atoms with Crippen LogP contribution in [0.5, 0.6) is 5.88 Å². The molecule has 6 heteroatoms. The highest BCUT2D eigenvalue weighted by Crippen LogP contribution is 2.38. The van der Waals surface area contributed by atoms with E-state index in [1.165, 1.54) is 6.42 Å². The van der Waals surface area contributed by atoms with E-state index in [1.54, 1.807) is 13.8 Å². The van der Waals surface area contributed by atoms with Gasteiger partial charge in [-0.25, -0.2) is 19.3 Å². The summed E-state index contributed by atoms with van der Waals surface area (Å²) in [5, 5.41) is 0.619. The Morgan fingerprint density at radius 3 is 2.90 bits per heavy atom. The van der Waals surface area contributed by atoms with Gasteiger partial charge in [0.15, 0.2) is 5.82 Å². The smallest absolute Gasteiger partial charge is 0.227 e. The van der Waals surface area contributed by atoms with Crippen molar-refractivity contribution in [3.8, 4) is 5.88 Å². The standard InChI is InChI=1S/C15H17FN4O/c1-8-12(16)13-11-14(19-9(2)18-13)20-6-4-3-5-10(20)7-21-15(11)17-8/h10H,3-7H2,1-2H3/t10-/m0/s1. The first-order valence-corrected chi connectivity index (χ1v) is 7.39. The molecular weight excluding hydrogens is 271 g/mol. The Kier molecular flexibility index (Phi) is 2.74. The lowest BCUT2D eigenvalue weighted by Crippen LogP contribution is -2.42. The number of ether oxygens (including phenoxy) is 1. The zero-order valence-electron chi connectivity index (χ0n) is 12.2. The summed E-state index contributed by atoms with van der Waals surface area (Å²) in [6.07, 6.45) is 3.38. The van der Waals surface area contributed by atoms with Gasteiger partial charge < -0.3 is 9.64 Å². The number of piperidine rings is 1. The minimum Gasteiger partial charge on any atom is -0.475 e. The number of anilines is 1. The van der Waals surface area contributed by atoms with Crippen LogP contribution in [0.15, 0.2) is 0 Å². The molecule has 0 aromatic carbocycles. The largest absolute Gasteiger partial charge is 0.475 e. The maximum atomic E-state index is 14.4. The number of aromatic nitrogens is 3. The quantitative estimate of drug-likeness (QED) is 0.745. The molecule has 0 unspecified atom stereocenters. The van der Waals surface area contributed by atoms with Crippen LogP contribution in [0.25, 0.3) is 10.9 Å². The second-order valence-corrected chi connectivity index (χ2v) is 5.79. The Bertz CT molecular complexity index is 733. The monoisotopic (exact) mass is 288 g/mol. The van der Waals surface area contributed by atoms with Crippen LogP contribution < -0.4 is 9.64 Å². The lowest BCUT2D eigenvalue weighted by atomic mass is 10.0. The summed E-state index contributed by atoms with van der Waals surface area (Å²) in [4.78, 5) is 15.4. The van der Waals surface area contributed by atoms with Crippen LogP contribution in [0.3, 0.4) is 0 Å². The summed E-state index contributed by atoms with van der Waals surface area (Å²) in [6.45, 7) is 4.94. The number of aryl methyl sites for hydroxylation is 2. The third-order valence-electron chi connectivity index (χ3n) is 4.32. The van der Waals surface area contributed by atoms with E-state index in [0.717, 1.165) is 25.2 Å². The second kappa shape index (κ2) is 4.51. The molecule has 2 aromatic heterocycles. The number of hydrogen-bond donors (Lipinski definition) is 0. The second-order valence-electron chi connectivity index (χ2n) is 5.79. The molecule has 4 rings (SSSR count). The van der Waals surface area contributed by atoms with Crippen molar-refractivity contribution in [1.82, 2.24) is 15.0 Å². The van der Waals surface area contributed by atoms with Crippen LogP contribution >= 0.6 is 0 Å². The average Bonchev–Trinajstić information content (AvgIpc) is 2.63. The molecule has 0 spiro atoms. The molecule has 2 aliphatic rings.